The fourth-order valence-electron chi connectivity index (χ4n) is 2.96. The molecular weight excluding hydrogens is 382 g/mol. The van der Waals surface area contributed by atoms with Crippen LogP contribution in [0.1, 0.15) is 48.7 Å². The van der Waals surface area contributed by atoms with Crippen molar-refractivity contribution in [3.05, 3.63) is 59.7 Å². The molecule has 0 heterocycles. The summed E-state index contributed by atoms with van der Waals surface area (Å²) in [6.45, 7) is 3.92. The van der Waals surface area contributed by atoms with Gasteiger partial charge in [0.2, 0.25) is 5.91 Å². The van der Waals surface area contributed by atoms with Crippen LogP contribution >= 0.6 is 0 Å². The number of ether oxygens (including phenoxy) is 1. The predicted octanol–water partition coefficient (Wildman–Crippen LogP) is 3.53. The molecular formula is C23H29N3O4. The smallest absolute Gasteiger partial charge is 0.306 e. The number of rotatable bonds is 9. The Morgan fingerprint density at radius 2 is 1.73 bits per heavy atom. The van der Waals surface area contributed by atoms with Crippen LogP contribution in [0.15, 0.2) is 48.5 Å². The molecule has 7 nitrogen and oxygen atoms in total. The van der Waals surface area contributed by atoms with Gasteiger partial charge < -0.3 is 20.3 Å². The lowest BCUT2D eigenvalue weighted by Gasteiger charge is -2.20. The highest BCUT2D eigenvalue weighted by Crippen LogP contribution is 2.24. The van der Waals surface area contributed by atoms with E-state index in [2.05, 4.69) is 10.6 Å². The molecule has 0 radical (unpaired) electrons. The first kappa shape index (κ1) is 22.9. The molecule has 30 heavy (non-hydrogen) atoms. The van der Waals surface area contributed by atoms with E-state index in [1.54, 1.807) is 25.1 Å². The number of carbonyl (C=O) groups excluding carboxylic acids is 3. The number of carbonyl (C=O) groups is 3. The van der Waals surface area contributed by atoms with Crippen molar-refractivity contribution in [1.29, 1.82) is 0 Å². The topological polar surface area (TPSA) is 87.7 Å². The lowest BCUT2D eigenvalue weighted by molar-refractivity contribution is -0.144. The van der Waals surface area contributed by atoms with Gasteiger partial charge in [0.25, 0.3) is 5.91 Å². The van der Waals surface area contributed by atoms with Crippen molar-refractivity contribution in [3.8, 4) is 0 Å². The standard InChI is InChI=1S/C23H29N3O4/c1-5-30-22(28)14-13-21(27)25-18-11-12-20(26(3)4)19(15-18)23(29)24-16(2)17-9-7-6-8-10-17/h6-12,15-16H,5,13-14H2,1-4H3,(H,24,29)(H,25,27). The zero-order chi connectivity index (χ0) is 22.1. The number of esters is 1. The average molecular weight is 412 g/mol. The molecule has 2 rings (SSSR count). The Balaban J connectivity index is 2.12. The quantitative estimate of drug-likeness (QED) is 0.617. The Morgan fingerprint density at radius 1 is 1.03 bits per heavy atom. The maximum Gasteiger partial charge on any atom is 0.306 e. The third-order valence-corrected chi connectivity index (χ3v) is 4.52. The van der Waals surface area contributed by atoms with Crippen molar-refractivity contribution >= 4 is 29.2 Å². The summed E-state index contributed by atoms with van der Waals surface area (Å²) in [5, 5.41) is 5.74. The number of benzene rings is 2. The first-order valence-corrected chi connectivity index (χ1v) is 9.94. The minimum Gasteiger partial charge on any atom is -0.466 e. The summed E-state index contributed by atoms with van der Waals surface area (Å²) in [6.07, 6.45) is 0.0260. The zero-order valence-corrected chi connectivity index (χ0v) is 17.9. The van der Waals surface area contributed by atoms with Crippen molar-refractivity contribution in [3.63, 3.8) is 0 Å². The van der Waals surface area contributed by atoms with Crippen LogP contribution in [-0.4, -0.2) is 38.5 Å². The largest absolute Gasteiger partial charge is 0.466 e. The zero-order valence-electron chi connectivity index (χ0n) is 17.9. The monoisotopic (exact) mass is 411 g/mol. The molecule has 160 valence electrons. The van der Waals surface area contributed by atoms with Gasteiger partial charge in [-0.05, 0) is 37.6 Å². The summed E-state index contributed by atoms with van der Waals surface area (Å²) in [6, 6.07) is 14.7. The summed E-state index contributed by atoms with van der Waals surface area (Å²) in [5.74, 6) is -0.965. The minimum atomic E-state index is -0.412. The third kappa shape index (κ3) is 6.62. The van der Waals surface area contributed by atoms with Crippen molar-refractivity contribution in [2.75, 3.05) is 30.9 Å². The van der Waals surface area contributed by atoms with E-state index in [4.69, 9.17) is 4.74 Å². The van der Waals surface area contributed by atoms with Crippen LogP contribution < -0.4 is 15.5 Å². The van der Waals surface area contributed by atoms with Crippen molar-refractivity contribution in [2.24, 2.45) is 0 Å². The lowest BCUT2D eigenvalue weighted by atomic mass is 10.1. The van der Waals surface area contributed by atoms with E-state index < -0.39 is 5.97 Å². The summed E-state index contributed by atoms with van der Waals surface area (Å²) >= 11 is 0. The molecule has 7 heteroatoms. The maximum atomic E-state index is 13.0. The Hall–Kier alpha value is -3.35. The molecule has 0 saturated carbocycles. The molecule has 1 unspecified atom stereocenters. The molecule has 0 aromatic heterocycles. The van der Waals surface area contributed by atoms with Crippen LogP contribution in [-0.2, 0) is 14.3 Å². The molecule has 0 fully saturated rings. The molecule has 0 aliphatic rings. The van der Waals surface area contributed by atoms with Crippen LogP contribution in [0.25, 0.3) is 0 Å². The average Bonchev–Trinajstić information content (AvgIpc) is 2.72. The number of nitrogens with one attached hydrogen (secondary N) is 2. The van der Waals surface area contributed by atoms with Gasteiger partial charge in [0.1, 0.15) is 0 Å². The molecule has 2 N–H and O–H groups in total. The highest BCUT2D eigenvalue weighted by Gasteiger charge is 2.17. The van der Waals surface area contributed by atoms with Crippen LogP contribution in [0.2, 0.25) is 0 Å². The van der Waals surface area contributed by atoms with Gasteiger partial charge in [-0.25, -0.2) is 0 Å². The number of anilines is 2. The maximum absolute atomic E-state index is 13.0. The van der Waals surface area contributed by atoms with E-state index in [0.717, 1.165) is 11.3 Å². The highest BCUT2D eigenvalue weighted by atomic mass is 16.5. The van der Waals surface area contributed by atoms with E-state index in [9.17, 15) is 14.4 Å². The van der Waals surface area contributed by atoms with E-state index in [1.165, 1.54) is 0 Å². The number of amides is 2. The summed E-state index contributed by atoms with van der Waals surface area (Å²) < 4.78 is 4.83. The summed E-state index contributed by atoms with van der Waals surface area (Å²) in [7, 11) is 3.70. The fraction of sp³-hybridized carbons (Fsp3) is 0.348. The summed E-state index contributed by atoms with van der Waals surface area (Å²) in [5.41, 5.74) is 2.68. The van der Waals surface area contributed by atoms with Crippen LogP contribution in [0.3, 0.4) is 0 Å². The molecule has 1 atom stereocenters. The van der Waals surface area contributed by atoms with Crippen molar-refractivity contribution in [1.82, 2.24) is 5.32 Å². The Bertz CT molecular complexity index is 881. The Labute approximate surface area is 177 Å². The Morgan fingerprint density at radius 3 is 2.37 bits per heavy atom. The molecule has 2 aromatic carbocycles. The number of hydrogen-bond donors (Lipinski definition) is 2. The number of nitrogens with zero attached hydrogens (tertiary/aromatic N) is 1. The molecule has 2 aromatic rings. The molecule has 0 bridgehead atoms. The van der Waals surface area contributed by atoms with Gasteiger partial charge in [-0.3, -0.25) is 14.4 Å². The summed E-state index contributed by atoms with van der Waals surface area (Å²) in [4.78, 5) is 38.4. The first-order chi connectivity index (χ1) is 14.3. The van der Waals surface area contributed by atoms with Crippen LogP contribution in [0, 0.1) is 0 Å². The van der Waals surface area contributed by atoms with Gasteiger partial charge in [0.15, 0.2) is 0 Å². The molecule has 0 saturated heterocycles. The molecule has 2 amide bonds. The second-order valence-corrected chi connectivity index (χ2v) is 7.09. The SMILES string of the molecule is CCOC(=O)CCC(=O)Nc1ccc(N(C)C)c(C(=O)NC(C)c2ccccc2)c1. The van der Waals surface area contributed by atoms with Crippen molar-refractivity contribution < 1.29 is 19.1 Å². The normalized spacial score (nSPS) is 11.3. The molecule has 0 spiro atoms. The second-order valence-electron chi connectivity index (χ2n) is 7.09. The van der Waals surface area contributed by atoms with Crippen molar-refractivity contribution in [2.45, 2.75) is 32.7 Å². The Kier molecular flexibility index (Phi) is 8.41. The van der Waals surface area contributed by atoms with E-state index in [0.29, 0.717) is 11.3 Å². The minimum absolute atomic E-state index is 0.0113. The predicted molar refractivity (Wildman–Crippen MR) is 118 cm³/mol. The van der Waals surface area contributed by atoms with Crippen LogP contribution in [0.4, 0.5) is 11.4 Å². The van der Waals surface area contributed by atoms with E-state index in [1.807, 2.05) is 56.3 Å². The highest BCUT2D eigenvalue weighted by molar-refractivity contribution is 6.02. The van der Waals surface area contributed by atoms with Gasteiger partial charge in [-0.1, -0.05) is 30.3 Å². The van der Waals surface area contributed by atoms with Gasteiger partial charge in [-0.15, -0.1) is 0 Å². The van der Waals surface area contributed by atoms with Crippen LogP contribution in [0.5, 0.6) is 0 Å². The fourth-order valence-corrected chi connectivity index (χ4v) is 2.96. The molecule has 0 aliphatic heterocycles. The van der Waals surface area contributed by atoms with Gasteiger partial charge in [0, 0.05) is 31.9 Å². The van der Waals surface area contributed by atoms with Gasteiger partial charge in [0.05, 0.1) is 24.6 Å². The van der Waals surface area contributed by atoms with E-state index >= 15 is 0 Å². The van der Waals surface area contributed by atoms with E-state index in [-0.39, 0.29) is 37.3 Å². The first-order valence-electron chi connectivity index (χ1n) is 9.94. The van der Waals surface area contributed by atoms with Gasteiger partial charge in [-0.2, -0.15) is 0 Å². The molecule has 0 aliphatic carbocycles. The lowest BCUT2D eigenvalue weighted by Crippen LogP contribution is -2.28. The second kappa shape index (κ2) is 11.0. The van der Waals surface area contributed by atoms with Gasteiger partial charge >= 0.3 is 5.97 Å². The number of hydrogen-bond acceptors (Lipinski definition) is 5. The third-order valence-electron chi connectivity index (χ3n) is 4.52.